The van der Waals surface area contributed by atoms with E-state index in [4.69, 9.17) is 0 Å². The summed E-state index contributed by atoms with van der Waals surface area (Å²) in [6.07, 6.45) is 1.70. The van der Waals surface area contributed by atoms with E-state index < -0.39 is 10.0 Å². The van der Waals surface area contributed by atoms with E-state index in [1.54, 1.807) is 0 Å². The van der Waals surface area contributed by atoms with E-state index in [1.165, 1.54) is 0 Å². The molecule has 0 unspecified atom stereocenters. The Bertz CT molecular complexity index is 250. The number of hydrogen-bond acceptors (Lipinski definition) is 2. The number of nitrogens with one attached hydrogen (secondary N) is 1. The van der Waals surface area contributed by atoms with Gasteiger partial charge in [-0.05, 0) is 39.5 Å². The molecule has 0 radical (unpaired) electrons. The predicted octanol–water partition coefficient (Wildman–Crippen LogP) is 2.14. The smallest absolute Gasteiger partial charge is 0.212 e. The lowest BCUT2D eigenvalue weighted by molar-refractivity contribution is 0.487. The molecule has 86 valence electrons. The molecule has 0 atom stereocenters. The van der Waals surface area contributed by atoms with Crippen LogP contribution in [0.25, 0.3) is 0 Å². The van der Waals surface area contributed by atoms with Gasteiger partial charge in [0.15, 0.2) is 0 Å². The molecule has 0 aromatic heterocycles. The molecule has 0 saturated carbocycles. The summed E-state index contributed by atoms with van der Waals surface area (Å²) < 4.78 is 25.7. The van der Waals surface area contributed by atoms with Gasteiger partial charge in [-0.3, -0.25) is 0 Å². The lowest BCUT2D eigenvalue weighted by Gasteiger charge is -2.20. The lowest BCUT2D eigenvalue weighted by Crippen LogP contribution is -2.41. The van der Waals surface area contributed by atoms with Crippen LogP contribution in [0.2, 0.25) is 0 Å². The SMILES string of the molecule is CC(C)CCCS(=O)(=O)NC(C)(C)C. The molecule has 0 saturated heterocycles. The van der Waals surface area contributed by atoms with Crippen molar-refractivity contribution in [1.82, 2.24) is 4.72 Å². The monoisotopic (exact) mass is 221 g/mol. The molecule has 0 spiro atoms. The van der Waals surface area contributed by atoms with Crippen LogP contribution in [0.5, 0.6) is 0 Å². The van der Waals surface area contributed by atoms with Gasteiger partial charge in [0.1, 0.15) is 0 Å². The number of sulfonamides is 1. The average molecular weight is 221 g/mol. The molecule has 3 nitrogen and oxygen atoms in total. The predicted molar refractivity (Wildman–Crippen MR) is 60.7 cm³/mol. The third kappa shape index (κ3) is 8.51. The Balaban J connectivity index is 3.98. The molecule has 0 amide bonds. The molecule has 14 heavy (non-hydrogen) atoms. The Labute approximate surface area is 88.3 Å². The van der Waals surface area contributed by atoms with Crippen LogP contribution >= 0.6 is 0 Å². The van der Waals surface area contributed by atoms with Crippen LogP contribution in [0, 0.1) is 5.92 Å². The standard InChI is InChI=1S/C10H23NO2S/c1-9(2)7-6-8-14(12,13)11-10(3,4)5/h9,11H,6-8H2,1-5H3. The van der Waals surface area contributed by atoms with Gasteiger partial charge in [-0.2, -0.15) is 0 Å². The molecule has 0 aliphatic rings. The molecular formula is C10H23NO2S. The summed E-state index contributed by atoms with van der Waals surface area (Å²) in [5, 5.41) is 0. The van der Waals surface area contributed by atoms with Gasteiger partial charge in [-0.15, -0.1) is 0 Å². The summed E-state index contributed by atoms with van der Waals surface area (Å²) in [5.74, 6) is 0.808. The van der Waals surface area contributed by atoms with Crippen molar-refractivity contribution in [2.24, 2.45) is 5.92 Å². The summed E-state index contributed by atoms with van der Waals surface area (Å²) in [5.41, 5.74) is -0.364. The summed E-state index contributed by atoms with van der Waals surface area (Å²) >= 11 is 0. The highest BCUT2D eigenvalue weighted by molar-refractivity contribution is 7.89. The topological polar surface area (TPSA) is 46.2 Å². The highest BCUT2D eigenvalue weighted by Crippen LogP contribution is 2.07. The summed E-state index contributed by atoms with van der Waals surface area (Å²) in [6, 6.07) is 0. The maximum atomic E-state index is 11.5. The first-order valence-electron chi connectivity index (χ1n) is 5.14. The van der Waals surface area contributed by atoms with Gasteiger partial charge in [0.25, 0.3) is 0 Å². The van der Waals surface area contributed by atoms with Gasteiger partial charge in [0, 0.05) is 5.54 Å². The molecule has 0 aromatic rings. The number of rotatable bonds is 5. The van der Waals surface area contributed by atoms with Crippen molar-refractivity contribution < 1.29 is 8.42 Å². The van der Waals surface area contributed by atoms with Crippen molar-refractivity contribution in [2.75, 3.05) is 5.75 Å². The fraction of sp³-hybridized carbons (Fsp3) is 1.00. The summed E-state index contributed by atoms with van der Waals surface area (Å²) in [6.45, 7) is 9.76. The third-order valence-corrected chi connectivity index (χ3v) is 3.41. The molecule has 0 heterocycles. The van der Waals surface area contributed by atoms with Crippen LogP contribution in [0.1, 0.15) is 47.5 Å². The molecule has 0 fully saturated rings. The maximum Gasteiger partial charge on any atom is 0.212 e. The van der Waals surface area contributed by atoms with E-state index in [0.29, 0.717) is 5.92 Å². The van der Waals surface area contributed by atoms with Crippen molar-refractivity contribution in [3.63, 3.8) is 0 Å². The Morgan fingerprint density at radius 2 is 1.71 bits per heavy atom. The molecule has 4 heteroatoms. The van der Waals surface area contributed by atoms with Crippen molar-refractivity contribution >= 4 is 10.0 Å². The second-order valence-corrected chi connectivity index (χ2v) is 7.05. The maximum absolute atomic E-state index is 11.5. The molecule has 0 aromatic carbocycles. The molecule has 0 aliphatic carbocycles. The zero-order chi connectivity index (χ0) is 11.4. The zero-order valence-electron chi connectivity index (χ0n) is 9.92. The highest BCUT2D eigenvalue weighted by Gasteiger charge is 2.19. The van der Waals surface area contributed by atoms with E-state index in [0.717, 1.165) is 12.8 Å². The van der Waals surface area contributed by atoms with E-state index in [2.05, 4.69) is 18.6 Å². The molecular weight excluding hydrogens is 198 g/mol. The Hall–Kier alpha value is -0.0900. The van der Waals surface area contributed by atoms with Gasteiger partial charge in [-0.25, -0.2) is 13.1 Å². The molecule has 0 rings (SSSR count). The Morgan fingerprint density at radius 1 is 1.21 bits per heavy atom. The highest BCUT2D eigenvalue weighted by atomic mass is 32.2. The summed E-state index contributed by atoms with van der Waals surface area (Å²) in [7, 11) is -3.08. The molecule has 0 aliphatic heterocycles. The van der Waals surface area contributed by atoms with Crippen LogP contribution in [0.15, 0.2) is 0 Å². The largest absolute Gasteiger partial charge is 0.212 e. The first kappa shape index (κ1) is 13.9. The second kappa shape index (κ2) is 5.12. The minimum Gasteiger partial charge on any atom is -0.212 e. The van der Waals surface area contributed by atoms with Crippen molar-refractivity contribution in [3.8, 4) is 0 Å². The quantitative estimate of drug-likeness (QED) is 0.773. The number of hydrogen-bond donors (Lipinski definition) is 1. The molecule has 0 bridgehead atoms. The van der Waals surface area contributed by atoms with Gasteiger partial charge < -0.3 is 0 Å². The minimum atomic E-state index is -3.08. The lowest BCUT2D eigenvalue weighted by atomic mass is 10.1. The second-order valence-electron chi connectivity index (χ2n) is 5.21. The van der Waals surface area contributed by atoms with Crippen LogP contribution in [-0.2, 0) is 10.0 Å². The fourth-order valence-corrected chi connectivity index (χ4v) is 2.78. The zero-order valence-corrected chi connectivity index (χ0v) is 10.7. The first-order valence-corrected chi connectivity index (χ1v) is 6.79. The van der Waals surface area contributed by atoms with Gasteiger partial charge >= 0.3 is 0 Å². The van der Waals surface area contributed by atoms with Gasteiger partial charge in [0.2, 0.25) is 10.0 Å². The van der Waals surface area contributed by atoms with E-state index >= 15 is 0 Å². The van der Waals surface area contributed by atoms with Crippen LogP contribution in [-0.4, -0.2) is 19.7 Å². The van der Waals surface area contributed by atoms with E-state index in [9.17, 15) is 8.42 Å². The van der Waals surface area contributed by atoms with Crippen LogP contribution < -0.4 is 4.72 Å². The summed E-state index contributed by atoms with van der Waals surface area (Å²) in [4.78, 5) is 0. The van der Waals surface area contributed by atoms with Gasteiger partial charge in [0.05, 0.1) is 5.75 Å². The normalized spacial score (nSPS) is 13.6. The van der Waals surface area contributed by atoms with Gasteiger partial charge in [-0.1, -0.05) is 13.8 Å². The Kier molecular flexibility index (Phi) is 5.09. The minimum absolute atomic E-state index is 0.239. The average Bonchev–Trinajstić information content (AvgIpc) is 1.78. The Morgan fingerprint density at radius 3 is 2.07 bits per heavy atom. The van der Waals surface area contributed by atoms with Crippen molar-refractivity contribution in [1.29, 1.82) is 0 Å². The van der Waals surface area contributed by atoms with Crippen molar-refractivity contribution in [3.05, 3.63) is 0 Å². The van der Waals surface area contributed by atoms with Crippen molar-refractivity contribution in [2.45, 2.75) is 53.0 Å². The fourth-order valence-electron chi connectivity index (χ4n) is 1.20. The third-order valence-electron chi connectivity index (χ3n) is 1.66. The first-order chi connectivity index (χ1) is 6.12. The van der Waals surface area contributed by atoms with E-state index in [1.807, 2.05) is 20.8 Å². The van der Waals surface area contributed by atoms with Crippen LogP contribution in [0.4, 0.5) is 0 Å². The van der Waals surface area contributed by atoms with E-state index in [-0.39, 0.29) is 11.3 Å². The van der Waals surface area contributed by atoms with Crippen LogP contribution in [0.3, 0.4) is 0 Å². The molecule has 1 N–H and O–H groups in total.